The summed E-state index contributed by atoms with van der Waals surface area (Å²) in [5.74, 6) is -1.18. The quantitative estimate of drug-likeness (QED) is 0.604. The van der Waals surface area contributed by atoms with Gasteiger partial charge in [-0.15, -0.1) is 0 Å². The molecule has 108 valence electrons. The van der Waals surface area contributed by atoms with Gasteiger partial charge in [0.25, 0.3) is 0 Å². The number of hydrogen-bond donors (Lipinski definition) is 1. The Hall–Kier alpha value is -2.12. The first-order valence-electron chi connectivity index (χ1n) is 6.03. The highest BCUT2D eigenvalue weighted by molar-refractivity contribution is 5.77. The molecule has 0 amide bonds. The highest BCUT2D eigenvalue weighted by Gasteiger charge is 2.13. The Bertz CT molecular complexity index is 656. The van der Waals surface area contributed by atoms with E-state index in [1.54, 1.807) is 18.2 Å². The van der Waals surface area contributed by atoms with Crippen LogP contribution in [-0.2, 0) is 27.4 Å². The second-order valence-corrected chi connectivity index (χ2v) is 4.13. The summed E-state index contributed by atoms with van der Waals surface area (Å²) in [6.07, 6.45) is 0. The number of fused-ring (bicyclic) bond motifs is 1. The second kappa shape index (κ2) is 6.36. The molecular weight excluding hydrogens is 266 g/mol. The number of esters is 1. The molecule has 0 unspecified atom stereocenters. The maximum atomic E-state index is 11.7. The van der Waals surface area contributed by atoms with Crippen LogP contribution in [0.3, 0.4) is 0 Å². The SMILES string of the molecule is COCCOC(=O)Cn1c(=O)oc2cc(CO)ccc21. The normalized spacial score (nSPS) is 10.9. The third-order valence-corrected chi connectivity index (χ3v) is 2.75. The minimum atomic E-state index is -0.640. The number of benzene rings is 1. The molecule has 0 saturated carbocycles. The molecule has 1 N–H and O–H groups in total. The van der Waals surface area contributed by atoms with Gasteiger partial charge >= 0.3 is 11.7 Å². The van der Waals surface area contributed by atoms with Crippen molar-refractivity contribution < 1.29 is 23.8 Å². The maximum Gasteiger partial charge on any atom is 0.420 e. The number of nitrogens with zero attached hydrogens (tertiary/aromatic N) is 1. The summed E-state index contributed by atoms with van der Waals surface area (Å²) in [4.78, 5) is 23.3. The van der Waals surface area contributed by atoms with Crippen molar-refractivity contribution in [3.8, 4) is 0 Å². The number of oxazole rings is 1. The number of carbonyl (C=O) groups is 1. The van der Waals surface area contributed by atoms with Gasteiger partial charge in [-0.2, -0.15) is 0 Å². The lowest BCUT2D eigenvalue weighted by molar-refractivity contribution is -0.145. The van der Waals surface area contributed by atoms with Crippen LogP contribution in [0.5, 0.6) is 0 Å². The molecule has 20 heavy (non-hydrogen) atoms. The third-order valence-electron chi connectivity index (χ3n) is 2.75. The Morgan fingerprint density at radius 3 is 2.90 bits per heavy atom. The molecule has 1 aromatic carbocycles. The van der Waals surface area contributed by atoms with Crippen LogP contribution in [0.15, 0.2) is 27.4 Å². The zero-order chi connectivity index (χ0) is 14.5. The maximum absolute atomic E-state index is 11.7. The molecule has 0 spiro atoms. The monoisotopic (exact) mass is 281 g/mol. The van der Waals surface area contributed by atoms with Crippen LogP contribution in [-0.4, -0.2) is 36.0 Å². The van der Waals surface area contributed by atoms with Gasteiger partial charge in [0, 0.05) is 7.11 Å². The number of aromatic nitrogens is 1. The number of aliphatic hydroxyl groups excluding tert-OH is 1. The Kier molecular flexibility index (Phi) is 4.54. The molecule has 0 aliphatic carbocycles. The fourth-order valence-electron chi connectivity index (χ4n) is 1.77. The van der Waals surface area contributed by atoms with E-state index in [-0.39, 0.29) is 19.8 Å². The van der Waals surface area contributed by atoms with Crippen LogP contribution < -0.4 is 5.76 Å². The third kappa shape index (κ3) is 3.06. The topological polar surface area (TPSA) is 90.9 Å². The van der Waals surface area contributed by atoms with Gasteiger partial charge in [0.2, 0.25) is 0 Å². The fraction of sp³-hybridized carbons (Fsp3) is 0.385. The van der Waals surface area contributed by atoms with Crippen molar-refractivity contribution in [3.05, 3.63) is 34.3 Å². The summed E-state index contributed by atoms with van der Waals surface area (Å²) in [7, 11) is 1.50. The van der Waals surface area contributed by atoms with E-state index in [4.69, 9.17) is 19.0 Å². The minimum Gasteiger partial charge on any atom is -0.462 e. The molecular formula is C13H15NO6. The molecule has 0 radical (unpaired) electrons. The summed E-state index contributed by atoms with van der Waals surface area (Å²) in [6.45, 7) is 0.0546. The number of hydrogen-bond acceptors (Lipinski definition) is 6. The van der Waals surface area contributed by atoms with Crippen LogP contribution >= 0.6 is 0 Å². The zero-order valence-electron chi connectivity index (χ0n) is 11.0. The van der Waals surface area contributed by atoms with Gasteiger partial charge in [0.05, 0.1) is 18.7 Å². The lowest BCUT2D eigenvalue weighted by Crippen LogP contribution is -2.22. The highest BCUT2D eigenvalue weighted by atomic mass is 16.6. The van der Waals surface area contributed by atoms with Crippen molar-refractivity contribution in [2.24, 2.45) is 0 Å². The van der Waals surface area contributed by atoms with Crippen LogP contribution in [0.25, 0.3) is 11.1 Å². The number of rotatable bonds is 6. The van der Waals surface area contributed by atoms with Crippen LogP contribution in [0, 0.1) is 0 Å². The van der Waals surface area contributed by atoms with Gasteiger partial charge in [0.1, 0.15) is 13.2 Å². The summed E-state index contributed by atoms with van der Waals surface area (Å²) < 4.78 is 15.9. The number of ether oxygens (including phenoxy) is 2. The number of methoxy groups -OCH3 is 1. The van der Waals surface area contributed by atoms with Crippen LogP contribution in [0.2, 0.25) is 0 Å². The molecule has 0 aliphatic rings. The van der Waals surface area contributed by atoms with E-state index in [9.17, 15) is 9.59 Å². The number of carbonyl (C=O) groups excluding carboxylic acids is 1. The molecule has 2 aromatic rings. The van der Waals surface area contributed by atoms with Gasteiger partial charge < -0.3 is 19.0 Å². The summed E-state index contributed by atoms with van der Waals surface area (Å²) >= 11 is 0. The Morgan fingerprint density at radius 1 is 1.40 bits per heavy atom. The molecule has 1 aromatic heterocycles. The van der Waals surface area contributed by atoms with Crippen molar-refractivity contribution in [3.63, 3.8) is 0 Å². The Balaban J connectivity index is 2.19. The number of aliphatic hydroxyl groups is 1. The molecule has 2 rings (SSSR count). The van der Waals surface area contributed by atoms with Gasteiger partial charge in [-0.05, 0) is 17.7 Å². The first-order valence-corrected chi connectivity index (χ1v) is 6.03. The van der Waals surface area contributed by atoms with Crippen molar-refractivity contribution in [2.75, 3.05) is 20.3 Å². The van der Waals surface area contributed by atoms with Gasteiger partial charge in [-0.3, -0.25) is 9.36 Å². The van der Waals surface area contributed by atoms with E-state index >= 15 is 0 Å². The molecule has 1 heterocycles. The first-order chi connectivity index (χ1) is 9.65. The van der Waals surface area contributed by atoms with Crippen molar-refractivity contribution in [1.82, 2.24) is 4.57 Å². The molecule has 7 nitrogen and oxygen atoms in total. The van der Waals surface area contributed by atoms with Gasteiger partial charge in [-0.25, -0.2) is 4.79 Å². The summed E-state index contributed by atoms with van der Waals surface area (Å²) in [5, 5.41) is 9.03. The first kappa shape index (κ1) is 14.3. The lowest BCUT2D eigenvalue weighted by Gasteiger charge is -2.04. The minimum absolute atomic E-state index is 0.133. The van der Waals surface area contributed by atoms with Crippen molar-refractivity contribution in [1.29, 1.82) is 0 Å². The van der Waals surface area contributed by atoms with Crippen molar-refractivity contribution >= 4 is 17.1 Å². The van der Waals surface area contributed by atoms with E-state index in [2.05, 4.69) is 0 Å². The average molecular weight is 281 g/mol. The predicted molar refractivity (Wildman–Crippen MR) is 69.2 cm³/mol. The Labute approximate surface area is 114 Å². The molecule has 0 saturated heterocycles. The smallest absolute Gasteiger partial charge is 0.420 e. The zero-order valence-corrected chi connectivity index (χ0v) is 11.0. The van der Waals surface area contributed by atoms with E-state index < -0.39 is 11.7 Å². The van der Waals surface area contributed by atoms with Crippen LogP contribution in [0.1, 0.15) is 5.56 Å². The lowest BCUT2D eigenvalue weighted by atomic mass is 10.2. The molecule has 0 aliphatic heterocycles. The summed E-state index contributed by atoms with van der Waals surface area (Å²) in [6, 6.07) is 4.84. The average Bonchev–Trinajstić information content (AvgIpc) is 2.74. The molecule has 0 fully saturated rings. The molecule has 0 bridgehead atoms. The van der Waals surface area contributed by atoms with E-state index in [0.717, 1.165) is 0 Å². The van der Waals surface area contributed by atoms with E-state index in [0.29, 0.717) is 23.3 Å². The largest absolute Gasteiger partial charge is 0.462 e. The summed E-state index contributed by atoms with van der Waals surface area (Å²) in [5.41, 5.74) is 1.43. The van der Waals surface area contributed by atoms with Gasteiger partial charge in [-0.1, -0.05) is 6.07 Å². The van der Waals surface area contributed by atoms with E-state index in [1.807, 2.05) is 0 Å². The predicted octanol–water partition coefficient (Wildman–Crippen LogP) is 0.276. The van der Waals surface area contributed by atoms with Crippen LogP contribution in [0.4, 0.5) is 0 Å². The van der Waals surface area contributed by atoms with E-state index in [1.165, 1.54) is 11.7 Å². The fourth-order valence-corrected chi connectivity index (χ4v) is 1.77. The van der Waals surface area contributed by atoms with Crippen molar-refractivity contribution in [2.45, 2.75) is 13.2 Å². The highest BCUT2D eigenvalue weighted by Crippen LogP contribution is 2.15. The standard InChI is InChI=1S/C13H15NO6/c1-18-4-5-19-12(16)7-14-10-3-2-9(8-15)6-11(10)20-13(14)17/h2-3,6,15H,4-5,7-8H2,1H3. The molecule has 0 atom stereocenters. The molecule has 7 heteroatoms. The second-order valence-electron chi connectivity index (χ2n) is 4.13. The Morgan fingerprint density at radius 2 is 2.20 bits per heavy atom. The van der Waals surface area contributed by atoms with Gasteiger partial charge in [0.15, 0.2) is 5.58 Å².